The van der Waals surface area contributed by atoms with Crippen LogP contribution in [-0.4, -0.2) is 83.2 Å². The third kappa shape index (κ3) is 12.6. The molecule has 214 valence electrons. The van der Waals surface area contributed by atoms with Crippen molar-refractivity contribution in [3.05, 3.63) is 0 Å². The lowest BCUT2D eigenvalue weighted by Gasteiger charge is -2.28. The summed E-state index contributed by atoms with van der Waals surface area (Å²) in [7, 11) is 0.223. The molecule has 1 aliphatic heterocycles. The average Bonchev–Trinajstić information content (AvgIpc) is 3.63. The first-order valence-corrected chi connectivity index (χ1v) is 17.8. The van der Waals surface area contributed by atoms with Crippen molar-refractivity contribution in [3.8, 4) is 0 Å². The first kappa shape index (κ1) is 33.9. The molecule has 0 spiro atoms. The van der Waals surface area contributed by atoms with E-state index in [0.29, 0.717) is 37.9 Å². The molecule has 0 aromatic rings. The van der Waals surface area contributed by atoms with Crippen molar-refractivity contribution in [3.63, 3.8) is 0 Å². The molecule has 2 fully saturated rings. The number of epoxide rings is 1. The van der Waals surface area contributed by atoms with Crippen LogP contribution in [0.1, 0.15) is 80.1 Å². The molecule has 0 N–H and O–H groups in total. The third-order valence-electron chi connectivity index (χ3n) is 6.72. The summed E-state index contributed by atoms with van der Waals surface area (Å²) in [6.45, 7) is 15.3. The van der Waals surface area contributed by atoms with Crippen LogP contribution in [0.4, 0.5) is 0 Å². The second-order valence-electron chi connectivity index (χ2n) is 10.0. The molecule has 0 aromatic carbocycles. The van der Waals surface area contributed by atoms with E-state index >= 15 is 0 Å². The fraction of sp³-hybridized carbons (Fsp3) is 0.962. The second kappa shape index (κ2) is 18.2. The summed E-state index contributed by atoms with van der Waals surface area (Å²) in [4.78, 5) is 4.62. The highest BCUT2D eigenvalue weighted by Crippen LogP contribution is 2.41. The lowest BCUT2D eigenvalue weighted by atomic mass is 9.88. The summed E-state index contributed by atoms with van der Waals surface area (Å²) in [5.41, 5.74) is 1.23. The first-order chi connectivity index (χ1) is 17.2. The molecule has 0 radical (unpaired) electrons. The molecule has 36 heavy (non-hydrogen) atoms. The van der Waals surface area contributed by atoms with Gasteiger partial charge in [-0.3, -0.25) is 4.99 Å². The molecule has 0 bridgehead atoms. The Bertz CT molecular complexity index is 580. The number of hydrogen-bond donors (Lipinski definition) is 0. The molecule has 8 nitrogen and oxygen atoms in total. The van der Waals surface area contributed by atoms with Crippen LogP contribution in [0, 0.1) is 11.8 Å². The van der Waals surface area contributed by atoms with Crippen LogP contribution in [0.3, 0.4) is 0 Å². The molecule has 1 saturated heterocycles. The largest absolute Gasteiger partial charge is 0.500 e. The van der Waals surface area contributed by atoms with Crippen molar-refractivity contribution in [1.82, 2.24) is 0 Å². The number of rotatable bonds is 18. The minimum Gasteiger partial charge on any atom is -0.377 e. The second-order valence-corrected chi connectivity index (χ2v) is 15.8. The maximum atomic E-state index is 5.83. The summed E-state index contributed by atoms with van der Waals surface area (Å²) < 4.78 is 39.3. The Morgan fingerprint density at radius 3 is 1.92 bits per heavy atom. The molecule has 1 aliphatic carbocycles. The van der Waals surface area contributed by atoms with Gasteiger partial charge in [-0.1, -0.05) is 13.8 Å². The summed E-state index contributed by atoms with van der Waals surface area (Å²) >= 11 is 0. The number of hydrogen-bond acceptors (Lipinski definition) is 8. The predicted octanol–water partition coefficient (Wildman–Crippen LogP) is 5.75. The molecule has 3 unspecified atom stereocenters. The topological polar surface area (TPSA) is 80.3 Å². The SMILES string of the molecule is CCO[Si](CCCN=C(C)CC(C)C)(OCC)OCC.CO[Si](CCC1CCC2OC2C1)(OC)OC. The van der Waals surface area contributed by atoms with Gasteiger partial charge in [0.1, 0.15) is 0 Å². The van der Waals surface area contributed by atoms with Gasteiger partial charge in [-0.05, 0) is 78.1 Å². The molecular weight excluding hydrogens is 494 g/mol. The van der Waals surface area contributed by atoms with E-state index in [1.54, 1.807) is 21.3 Å². The zero-order valence-corrected chi connectivity index (χ0v) is 26.6. The zero-order chi connectivity index (χ0) is 27.0. The van der Waals surface area contributed by atoms with E-state index < -0.39 is 17.6 Å². The van der Waals surface area contributed by atoms with E-state index in [0.717, 1.165) is 43.8 Å². The van der Waals surface area contributed by atoms with Crippen LogP contribution < -0.4 is 0 Å². The van der Waals surface area contributed by atoms with Gasteiger partial charge in [0.05, 0.1) is 12.2 Å². The fourth-order valence-electron chi connectivity index (χ4n) is 4.91. The van der Waals surface area contributed by atoms with E-state index in [1.807, 2.05) is 20.8 Å². The van der Waals surface area contributed by atoms with Gasteiger partial charge >= 0.3 is 17.6 Å². The highest BCUT2D eigenvalue weighted by atomic mass is 28.4. The smallest absolute Gasteiger partial charge is 0.377 e. The molecule has 10 heteroatoms. The van der Waals surface area contributed by atoms with E-state index in [1.165, 1.54) is 25.0 Å². The maximum Gasteiger partial charge on any atom is 0.500 e. The summed E-state index contributed by atoms with van der Waals surface area (Å²) in [6.07, 6.45) is 8.04. The van der Waals surface area contributed by atoms with Crippen LogP contribution in [0.5, 0.6) is 0 Å². The quantitative estimate of drug-likeness (QED) is 0.0931. The van der Waals surface area contributed by atoms with Crippen molar-refractivity contribution in [2.45, 2.75) is 104 Å². The standard InChI is InChI=1S/C15H33NO3Si.C11H22O4Si/c1-7-17-20(18-8-2,19-9-3)12-10-11-16-15(6)13-14(4)5;1-12-16(13-2,14-3)7-6-9-4-5-10-11(8-9)15-10/h14H,7-13H2,1-6H3;9-11H,4-8H2,1-3H3. The van der Waals surface area contributed by atoms with Gasteiger partial charge in [0.15, 0.2) is 0 Å². The van der Waals surface area contributed by atoms with Crippen molar-refractivity contribution in [2.75, 3.05) is 47.7 Å². The van der Waals surface area contributed by atoms with Gasteiger partial charge in [0, 0.05) is 65.5 Å². The Labute approximate surface area is 223 Å². The third-order valence-corrected chi connectivity index (χ3v) is 12.6. The molecular formula is C26H55NO7Si2. The minimum atomic E-state index is -2.47. The zero-order valence-electron chi connectivity index (χ0n) is 24.6. The van der Waals surface area contributed by atoms with Crippen LogP contribution in [0.25, 0.3) is 0 Å². The van der Waals surface area contributed by atoms with Gasteiger partial charge in [-0.25, -0.2) is 0 Å². The number of aliphatic imine (C=N–C) groups is 1. The van der Waals surface area contributed by atoms with E-state index in [9.17, 15) is 0 Å². The average molecular weight is 550 g/mol. The highest BCUT2D eigenvalue weighted by Gasteiger charge is 2.45. The normalized spacial score (nSPS) is 22.3. The Morgan fingerprint density at radius 2 is 1.44 bits per heavy atom. The van der Waals surface area contributed by atoms with E-state index in [2.05, 4.69) is 25.8 Å². The Balaban J connectivity index is 0.000000367. The van der Waals surface area contributed by atoms with Crippen molar-refractivity contribution in [1.29, 1.82) is 0 Å². The molecule has 2 rings (SSSR count). The highest BCUT2D eigenvalue weighted by molar-refractivity contribution is 6.61. The van der Waals surface area contributed by atoms with E-state index in [-0.39, 0.29) is 0 Å². The predicted molar refractivity (Wildman–Crippen MR) is 150 cm³/mol. The van der Waals surface area contributed by atoms with Gasteiger partial charge in [-0.15, -0.1) is 0 Å². The van der Waals surface area contributed by atoms with Crippen LogP contribution in [0.2, 0.25) is 12.1 Å². The van der Waals surface area contributed by atoms with Gasteiger partial charge in [-0.2, -0.15) is 0 Å². The molecule has 0 amide bonds. The van der Waals surface area contributed by atoms with Gasteiger partial charge in [0.2, 0.25) is 0 Å². The van der Waals surface area contributed by atoms with Crippen molar-refractivity contribution >= 4 is 23.3 Å². The number of nitrogens with zero attached hydrogens (tertiary/aromatic N) is 1. The van der Waals surface area contributed by atoms with Gasteiger partial charge < -0.3 is 31.3 Å². The number of ether oxygens (including phenoxy) is 1. The molecule has 1 saturated carbocycles. The molecule has 1 heterocycles. The Kier molecular flexibility index (Phi) is 17.1. The van der Waals surface area contributed by atoms with Crippen molar-refractivity contribution in [2.24, 2.45) is 16.8 Å². The first-order valence-electron chi connectivity index (χ1n) is 13.9. The fourth-order valence-corrected chi connectivity index (χ4v) is 9.38. The Morgan fingerprint density at radius 1 is 0.861 bits per heavy atom. The van der Waals surface area contributed by atoms with Crippen molar-refractivity contribution < 1.29 is 31.3 Å². The lowest BCUT2D eigenvalue weighted by molar-refractivity contribution is 0.0710. The summed E-state index contributed by atoms with van der Waals surface area (Å²) in [6, 6.07) is 1.76. The summed E-state index contributed by atoms with van der Waals surface area (Å²) in [5.74, 6) is 1.43. The monoisotopic (exact) mass is 549 g/mol. The molecule has 2 aliphatic rings. The maximum absolute atomic E-state index is 5.83. The van der Waals surface area contributed by atoms with Crippen LogP contribution in [-0.2, 0) is 31.3 Å². The van der Waals surface area contributed by atoms with Gasteiger partial charge in [0.25, 0.3) is 0 Å². The lowest BCUT2D eigenvalue weighted by Crippen LogP contribution is -2.46. The molecule has 3 atom stereocenters. The molecule has 0 aromatic heterocycles. The Hall–Kier alpha value is -0.176. The van der Waals surface area contributed by atoms with Crippen LogP contribution >= 0.6 is 0 Å². The number of fused-ring (bicyclic) bond motifs is 1. The minimum absolute atomic E-state index is 0.558. The summed E-state index contributed by atoms with van der Waals surface area (Å²) in [5, 5.41) is 0. The van der Waals surface area contributed by atoms with E-state index in [4.69, 9.17) is 31.3 Å². The van der Waals surface area contributed by atoms with Crippen LogP contribution in [0.15, 0.2) is 4.99 Å².